The lowest BCUT2D eigenvalue weighted by Gasteiger charge is -2.12. The summed E-state index contributed by atoms with van der Waals surface area (Å²) in [6.45, 7) is 0. The van der Waals surface area contributed by atoms with Gasteiger partial charge in [-0.05, 0) is 18.2 Å². The summed E-state index contributed by atoms with van der Waals surface area (Å²) in [5.41, 5.74) is 5.94. The van der Waals surface area contributed by atoms with Crippen LogP contribution in [0.2, 0.25) is 0 Å². The maximum atomic E-state index is 13.4. The van der Waals surface area contributed by atoms with Gasteiger partial charge in [-0.2, -0.15) is 0 Å². The number of rotatable bonds is 4. The molecule has 1 aromatic carbocycles. The Kier molecular flexibility index (Phi) is 6.53. The predicted octanol–water partition coefficient (Wildman–Crippen LogP) is 1.82. The highest BCUT2D eigenvalue weighted by Crippen LogP contribution is 2.23. The van der Waals surface area contributed by atoms with E-state index < -0.39 is 17.8 Å². The highest BCUT2D eigenvalue weighted by atomic mass is 35.5. The molecule has 0 radical (unpaired) electrons. The predicted molar refractivity (Wildman–Crippen MR) is 63.8 cm³/mol. The Morgan fingerprint density at radius 2 is 2.12 bits per heavy atom. The van der Waals surface area contributed by atoms with E-state index in [2.05, 4.69) is 4.74 Å². The van der Waals surface area contributed by atoms with E-state index in [1.165, 1.54) is 32.4 Å². The molecule has 0 amide bonds. The molecule has 0 spiro atoms. The second-order valence-electron chi connectivity index (χ2n) is 3.27. The normalized spacial score (nSPS) is 11.3. The zero-order valence-electron chi connectivity index (χ0n) is 9.60. The van der Waals surface area contributed by atoms with Gasteiger partial charge in [-0.25, -0.2) is 4.39 Å². The Bertz CT molecular complexity index is 387. The molecule has 1 rings (SSSR count). The molecular weight excluding hydrogens is 249 g/mol. The van der Waals surface area contributed by atoms with E-state index in [0.717, 1.165) is 0 Å². The third kappa shape index (κ3) is 4.20. The van der Waals surface area contributed by atoms with Crippen LogP contribution in [0.4, 0.5) is 4.39 Å². The average Bonchev–Trinajstić information content (AvgIpc) is 2.29. The highest BCUT2D eigenvalue weighted by Gasteiger charge is 2.16. The molecule has 1 aromatic rings. The van der Waals surface area contributed by atoms with Crippen LogP contribution in [0, 0.1) is 5.82 Å². The Hall–Kier alpha value is -1.33. The molecule has 0 aliphatic carbocycles. The van der Waals surface area contributed by atoms with Gasteiger partial charge in [-0.3, -0.25) is 4.79 Å². The van der Waals surface area contributed by atoms with E-state index in [1.807, 2.05) is 0 Å². The second-order valence-corrected chi connectivity index (χ2v) is 3.27. The molecule has 96 valence electrons. The highest BCUT2D eigenvalue weighted by molar-refractivity contribution is 5.85. The summed E-state index contributed by atoms with van der Waals surface area (Å²) in [4.78, 5) is 11.0. The molecule has 4 nitrogen and oxygen atoms in total. The fraction of sp³-hybridized carbons (Fsp3) is 0.364. The number of carbonyl (C=O) groups is 1. The van der Waals surface area contributed by atoms with Crippen LogP contribution in [0.5, 0.6) is 5.75 Å². The number of nitrogens with two attached hydrogens (primary N) is 1. The number of benzene rings is 1. The monoisotopic (exact) mass is 263 g/mol. The maximum Gasteiger partial charge on any atom is 0.307 e. The van der Waals surface area contributed by atoms with E-state index in [4.69, 9.17) is 10.5 Å². The van der Waals surface area contributed by atoms with Crippen LogP contribution in [0.15, 0.2) is 18.2 Å². The first-order valence-corrected chi connectivity index (χ1v) is 4.74. The minimum absolute atomic E-state index is 0. The van der Waals surface area contributed by atoms with Crippen molar-refractivity contribution in [3.63, 3.8) is 0 Å². The van der Waals surface area contributed by atoms with Gasteiger partial charge in [-0.15, -0.1) is 12.4 Å². The third-order valence-corrected chi connectivity index (χ3v) is 2.22. The summed E-state index contributed by atoms with van der Waals surface area (Å²) < 4.78 is 22.8. The van der Waals surface area contributed by atoms with Crippen LogP contribution in [-0.4, -0.2) is 20.2 Å². The molecule has 0 aliphatic heterocycles. The molecule has 2 N–H and O–H groups in total. The Labute approximate surface area is 105 Å². The molecule has 0 saturated heterocycles. The topological polar surface area (TPSA) is 61.5 Å². The Morgan fingerprint density at radius 3 is 2.65 bits per heavy atom. The van der Waals surface area contributed by atoms with Gasteiger partial charge in [0.25, 0.3) is 0 Å². The van der Waals surface area contributed by atoms with E-state index >= 15 is 0 Å². The first kappa shape index (κ1) is 15.7. The summed E-state index contributed by atoms with van der Waals surface area (Å²) in [5, 5.41) is 0. The van der Waals surface area contributed by atoms with E-state index in [0.29, 0.717) is 5.75 Å². The number of hydrogen-bond donors (Lipinski definition) is 1. The molecule has 0 fully saturated rings. The van der Waals surface area contributed by atoms with Crippen LogP contribution in [-0.2, 0) is 9.53 Å². The molecule has 0 aliphatic rings. The number of ether oxygens (including phenoxy) is 2. The summed E-state index contributed by atoms with van der Waals surface area (Å²) >= 11 is 0. The quantitative estimate of drug-likeness (QED) is 0.842. The lowest BCUT2D eigenvalue weighted by molar-refractivity contribution is -0.141. The van der Waals surface area contributed by atoms with Gasteiger partial charge in [0.05, 0.1) is 20.6 Å². The van der Waals surface area contributed by atoms with Crippen molar-refractivity contribution in [2.75, 3.05) is 14.2 Å². The SMILES string of the molecule is COC(=O)C[C@H](N)c1cc(OC)ccc1F.Cl. The summed E-state index contributed by atoms with van der Waals surface area (Å²) in [7, 11) is 2.74. The lowest BCUT2D eigenvalue weighted by Crippen LogP contribution is -2.17. The molecule has 0 saturated carbocycles. The average molecular weight is 264 g/mol. The molecule has 17 heavy (non-hydrogen) atoms. The van der Waals surface area contributed by atoms with Gasteiger partial charge in [0.15, 0.2) is 0 Å². The van der Waals surface area contributed by atoms with Crippen molar-refractivity contribution >= 4 is 18.4 Å². The summed E-state index contributed by atoms with van der Waals surface area (Å²) in [5.74, 6) is -0.441. The van der Waals surface area contributed by atoms with Crippen LogP contribution in [0.1, 0.15) is 18.0 Å². The van der Waals surface area contributed by atoms with Crippen molar-refractivity contribution in [1.29, 1.82) is 0 Å². The lowest BCUT2D eigenvalue weighted by atomic mass is 10.0. The van der Waals surface area contributed by atoms with E-state index in [9.17, 15) is 9.18 Å². The maximum absolute atomic E-state index is 13.4. The first-order valence-electron chi connectivity index (χ1n) is 4.74. The van der Waals surface area contributed by atoms with Gasteiger partial charge in [0, 0.05) is 11.6 Å². The number of methoxy groups -OCH3 is 2. The van der Waals surface area contributed by atoms with Crippen molar-refractivity contribution in [3.8, 4) is 5.75 Å². The van der Waals surface area contributed by atoms with Crippen molar-refractivity contribution < 1.29 is 18.7 Å². The van der Waals surface area contributed by atoms with E-state index in [-0.39, 0.29) is 24.4 Å². The van der Waals surface area contributed by atoms with Crippen molar-refractivity contribution in [1.82, 2.24) is 0 Å². The molecule has 0 aromatic heterocycles. The Balaban J connectivity index is 0.00000256. The first-order chi connectivity index (χ1) is 7.58. The molecule has 1 atom stereocenters. The van der Waals surface area contributed by atoms with Crippen LogP contribution in [0.25, 0.3) is 0 Å². The molecule has 0 unspecified atom stereocenters. The number of carbonyl (C=O) groups excluding carboxylic acids is 1. The minimum atomic E-state index is -0.734. The number of esters is 1. The summed E-state index contributed by atoms with van der Waals surface area (Å²) in [6, 6.07) is 3.49. The van der Waals surface area contributed by atoms with Crippen molar-refractivity contribution in [2.24, 2.45) is 5.73 Å². The molecule has 0 bridgehead atoms. The fourth-order valence-corrected chi connectivity index (χ4v) is 1.31. The van der Waals surface area contributed by atoms with Crippen LogP contribution in [0.3, 0.4) is 0 Å². The smallest absolute Gasteiger partial charge is 0.307 e. The largest absolute Gasteiger partial charge is 0.497 e. The van der Waals surface area contributed by atoms with Gasteiger partial charge in [0.2, 0.25) is 0 Å². The summed E-state index contributed by atoms with van der Waals surface area (Å²) in [6.07, 6.45) is -0.0689. The van der Waals surface area contributed by atoms with Gasteiger partial charge < -0.3 is 15.2 Å². The second kappa shape index (κ2) is 7.09. The number of hydrogen-bond acceptors (Lipinski definition) is 4. The van der Waals surface area contributed by atoms with Crippen molar-refractivity contribution in [2.45, 2.75) is 12.5 Å². The zero-order chi connectivity index (χ0) is 12.1. The van der Waals surface area contributed by atoms with E-state index in [1.54, 1.807) is 0 Å². The molecular formula is C11H15ClFNO3. The molecule has 6 heteroatoms. The van der Waals surface area contributed by atoms with Crippen LogP contribution >= 0.6 is 12.4 Å². The van der Waals surface area contributed by atoms with Crippen LogP contribution < -0.4 is 10.5 Å². The minimum Gasteiger partial charge on any atom is -0.497 e. The number of halogens is 2. The Morgan fingerprint density at radius 1 is 1.47 bits per heavy atom. The fourth-order valence-electron chi connectivity index (χ4n) is 1.31. The van der Waals surface area contributed by atoms with Gasteiger partial charge >= 0.3 is 5.97 Å². The van der Waals surface area contributed by atoms with Crippen molar-refractivity contribution in [3.05, 3.63) is 29.6 Å². The zero-order valence-corrected chi connectivity index (χ0v) is 10.4. The molecule has 0 heterocycles. The van der Waals surface area contributed by atoms with Gasteiger partial charge in [0.1, 0.15) is 11.6 Å². The van der Waals surface area contributed by atoms with Gasteiger partial charge in [-0.1, -0.05) is 0 Å². The third-order valence-electron chi connectivity index (χ3n) is 2.22. The standard InChI is InChI=1S/C11H14FNO3.ClH/c1-15-7-3-4-9(12)8(5-7)10(13)6-11(14)16-2;/h3-5,10H,6,13H2,1-2H3;1H/t10-;/m0./s1.